The van der Waals surface area contributed by atoms with E-state index in [0.717, 1.165) is 29.3 Å². The van der Waals surface area contributed by atoms with Crippen LogP contribution in [0.5, 0.6) is 0 Å². The van der Waals surface area contributed by atoms with Crippen LogP contribution in [0.2, 0.25) is 0 Å². The molecule has 122 valence electrons. The molecule has 0 bridgehead atoms. The Labute approximate surface area is 140 Å². The molecule has 0 aliphatic carbocycles. The van der Waals surface area contributed by atoms with Crippen LogP contribution in [-0.2, 0) is 0 Å². The largest absolute Gasteiger partial charge is 0.337 e. The molecule has 1 saturated heterocycles. The number of hydrogen-bond donors (Lipinski definition) is 0. The van der Waals surface area contributed by atoms with Crippen LogP contribution in [0, 0.1) is 13.8 Å². The maximum absolute atomic E-state index is 12.8. The molecule has 0 N–H and O–H groups in total. The first-order valence-corrected chi connectivity index (χ1v) is 8.15. The first-order valence-electron chi connectivity index (χ1n) is 8.15. The topological polar surface area (TPSA) is 63.4 Å². The molecule has 1 atom stereocenters. The molecule has 1 aliphatic heterocycles. The lowest BCUT2D eigenvalue weighted by atomic mass is 10.1. The van der Waals surface area contributed by atoms with Gasteiger partial charge in [-0.3, -0.25) is 4.79 Å². The van der Waals surface area contributed by atoms with E-state index >= 15 is 0 Å². The minimum Gasteiger partial charge on any atom is -0.337 e. The SMILES string of the molecule is Cc1ccnc(C2CCN(C(=O)c3cn4c(C)cccc4n3)C2)n1. The molecule has 1 aliphatic rings. The van der Waals surface area contributed by atoms with Gasteiger partial charge in [0.05, 0.1) is 0 Å². The highest BCUT2D eigenvalue weighted by Crippen LogP contribution is 2.26. The van der Waals surface area contributed by atoms with Crippen LogP contribution < -0.4 is 0 Å². The van der Waals surface area contributed by atoms with Gasteiger partial charge in [0.25, 0.3) is 5.91 Å². The van der Waals surface area contributed by atoms with E-state index in [9.17, 15) is 4.79 Å². The van der Waals surface area contributed by atoms with E-state index in [2.05, 4.69) is 15.0 Å². The molecule has 0 spiro atoms. The summed E-state index contributed by atoms with van der Waals surface area (Å²) in [5.41, 5.74) is 3.32. The summed E-state index contributed by atoms with van der Waals surface area (Å²) in [7, 11) is 0. The Balaban J connectivity index is 1.55. The zero-order chi connectivity index (χ0) is 16.7. The predicted molar refractivity (Wildman–Crippen MR) is 90.0 cm³/mol. The van der Waals surface area contributed by atoms with Gasteiger partial charge >= 0.3 is 0 Å². The summed E-state index contributed by atoms with van der Waals surface area (Å²) in [5.74, 6) is 1.01. The predicted octanol–water partition coefficient (Wildman–Crippen LogP) is 2.37. The van der Waals surface area contributed by atoms with Crippen molar-refractivity contribution < 1.29 is 4.79 Å². The fraction of sp³-hybridized carbons (Fsp3) is 0.333. The Morgan fingerprint density at radius 3 is 2.88 bits per heavy atom. The molecule has 4 heterocycles. The number of aryl methyl sites for hydroxylation is 2. The lowest BCUT2D eigenvalue weighted by Crippen LogP contribution is -2.28. The van der Waals surface area contributed by atoms with E-state index in [1.807, 2.05) is 53.6 Å². The monoisotopic (exact) mass is 321 g/mol. The third-order valence-electron chi connectivity index (χ3n) is 4.57. The Kier molecular flexibility index (Phi) is 3.52. The van der Waals surface area contributed by atoms with E-state index in [4.69, 9.17) is 0 Å². The summed E-state index contributed by atoms with van der Waals surface area (Å²) < 4.78 is 1.95. The van der Waals surface area contributed by atoms with Crippen molar-refractivity contribution in [1.29, 1.82) is 0 Å². The van der Waals surface area contributed by atoms with Crippen LogP contribution in [0.3, 0.4) is 0 Å². The van der Waals surface area contributed by atoms with Crippen molar-refractivity contribution in [2.45, 2.75) is 26.2 Å². The molecule has 24 heavy (non-hydrogen) atoms. The van der Waals surface area contributed by atoms with Crippen molar-refractivity contribution >= 4 is 11.6 Å². The van der Waals surface area contributed by atoms with E-state index in [1.54, 1.807) is 6.20 Å². The highest BCUT2D eigenvalue weighted by atomic mass is 16.2. The van der Waals surface area contributed by atoms with Crippen LogP contribution in [0.25, 0.3) is 5.65 Å². The van der Waals surface area contributed by atoms with Gasteiger partial charge in [0.15, 0.2) is 0 Å². The van der Waals surface area contributed by atoms with E-state index < -0.39 is 0 Å². The fourth-order valence-corrected chi connectivity index (χ4v) is 3.23. The van der Waals surface area contributed by atoms with Crippen molar-refractivity contribution in [1.82, 2.24) is 24.3 Å². The second-order valence-electron chi connectivity index (χ2n) is 6.31. The van der Waals surface area contributed by atoms with E-state index in [1.165, 1.54) is 0 Å². The average molecular weight is 321 g/mol. The van der Waals surface area contributed by atoms with Gasteiger partial charge < -0.3 is 9.30 Å². The number of carbonyl (C=O) groups is 1. The molecule has 4 rings (SSSR count). The molecule has 1 fully saturated rings. The Morgan fingerprint density at radius 1 is 1.21 bits per heavy atom. The maximum Gasteiger partial charge on any atom is 0.274 e. The molecule has 6 nitrogen and oxygen atoms in total. The summed E-state index contributed by atoms with van der Waals surface area (Å²) in [4.78, 5) is 28.0. The first-order chi connectivity index (χ1) is 11.6. The second-order valence-corrected chi connectivity index (χ2v) is 6.31. The molecular formula is C18H19N5O. The number of nitrogens with zero attached hydrogens (tertiary/aromatic N) is 5. The third-order valence-corrected chi connectivity index (χ3v) is 4.57. The lowest BCUT2D eigenvalue weighted by Gasteiger charge is -2.14. The Morgan fingerprint density at radius 2 is 2.08 bits per heavy atom. The standard InChI is InChI=1S/C18H19N5O/c1-12-6-8-19-17(20-12)14-7-9-22(10-14)18(24)15-11-23-13(2)4-3-5-16(23)21-15/h3-6,8,11,14H,7,9-10H2,1-2H3. The summed E-state index contributed by atoms with van der Waals surface area (Å²) in [6, 6.07) is 7.76. The van der Waals surface area contributed by atoms with Crippen LogP contribution in [0.15, 0.2) is 36.7 Å². The molecule has 3 aromatic heterocycles. The number of carbonyl (C=O) groups excluding carboxylic acids is 1. The highest BCUT2D eigenvalue weighted by molar-refractivity contribution is 5.93. The first kappa shape index (κ1) is 14.8. The molecule has 6 heteroatoms. The van der Waals surface area contributed by atoms with Crippen LogP contribution in [0.4, 0.5) is 0 Å². The molecule has 1 unspecified atom stereocenters. The molecule has 3 aromatic rings. The van der Waals surface area contributed by atoms with Crippen molar-refractivity contribution in [2.75, 3.05) is 13.1 Å². The summed E-state index contributed by atoms with van der Waals surface area (Å²) in [6.07, 6.45) is 4.50. The molecule has 0 aromatic carbocycles. The number of amides is 1. The summed E-state index contributed by atoms with van der Waals surface area (Å²) >= 11 is 0. The molecule has 0 radical (unpaired) electrons. The van der Waals surface area contributed by atoms with Crippen LogP contribution >= 0.6 is 0 Å². The zero-order valence-corrected chi connectivity index (χ0v) is 13.8. The van der Waals surface area contributed by atoms with Crippen LogP contribution in [0.1, 0.15) is 40.0 Å². The van der Waals surface area contributed by atoms with Gasteiger partial charge in [-0.1, -0.05) is 6.07 Å². The lowest BCUT2D eigenvalue weighted by molar-refractivity contribution is 0.0785. The van der Waals surface area contributed by atoms with E-state index in [-0.39, 0.29) is 11.8 Å². The number of fused-ring (bicyclic) bond motifs is 1. The van der Waals surface area contributed by atoms with Gasteiger partial charge in [-0.25, -0.2) is 15.0 Å². The summed E-state index contributed by atoms with van der Waals surface area (Å²) in [5, 5.41) is 0. The fourth-order valence-electron chi connectivity index (χ4n) is 3.23. The normalized spacial score (nSPS) is 17.6. The number of likely N-dealkylation sites (tertiary alicyclic amines) is 1. The van der Waals surface area contributed by atoms with Crippen LogP contribution in [-0.4, -0.2) is 43.2 Å². The minimum absolute atomic E-state index is 0.0201. The van der Waals surface area contributed by atoms with Crippen molar-refractivity contribution in [3.8, 4) is 0 Å². The second kappa shape index (κ2) is 5.70. The highest BCUT2D eigenvalue weighted by Gasteiger charge is 2.30. The molecular weight excluding hydrogens is 302 g/mol. The number of hydrogen-bond acceptors (Lipinski definition) is 4. The Bertz CT molecular complexity index is 917. The van der Waals surface area contributed by atoms with Gasteiger partial charge in [0.2, 0.25) is 0 Å². The summed E-state index contributed by atoms with van der Waals surface area (Å²) in [6.45, 7) is 5.33. The Hall–Kier alpha value is -2.76. The number of pyridine rings is 1. The molecule has 1 amide bonds. The quantitative estimate of drug-likeness (QED) is 0.727. The number of rotatable bonds is 2. The average Bonchev–Trinajstić information content (AvgIpc) is 3.22. The zero-order valence-electron chi connectivity index (χ0n) is 13.8. The van der Waals surface area contributed by atoms with Gasteiger partial charge in [0.1, 0.15) is 17.2 Å². The maximum atomic E-state index is 12.8. The van der Waals surface area contributed by atoms with Crippen molar-refractivity contribution in [3.63, 3.8) is 0 Å². The number of imidazole rings is 1. The van der Waals surface area contributed by atoms with Gasteiger partial charge in [-0.2, -0.15) is 0 Å². The molecule has 0 saturated carbocycles. The number of aromatic nitrogens is 4. The third kappa shape index (κ3) is 2.54. The smallest absolute Gasteiger partial charge is 0.274 e. The van der Waals surface area contributed by atoms with Gasteiger partial charge in [-0.15, -0.1) is 0 Å². The van der Waals surface area contributed by atoms with Crippen molar-refractivity contribution in [3.05, 3.63) is 59.6 Å². The van der Waals surface area contributed by atoms with Gasteiger partial charge in [-0.05, 0) is 38.5 Å². The van der Waals surface area contributed by atoms with E-state index in [0.29, 0.717) is 18.8 Å². The van der Waals surface area contributed by atoms with Crippen molar-refractivity contribution in [2.24, 2.45) is 0 Å². The van der Waals surface area contributed by atoms with Gasteiger partial charge in [0, 0.05) is 42.8 Å². The minimum atomic E-state index is -0.0201.